The van der Waals surface area contributed by atoms with Gasteiger partial charge in [-0.25, -0.2) is 9.59 Å². The molecule has 9 nitrogen and oxygen atoms in total. The van der Waals surface area contributed by atoms with Crippen LogP contribution in [0.5, 0.6) is 0 Å². The Morgan fingerprint density at radius 2 is 1.82 bits per heavy atom. The molecule has 2 aromatic carbocycles. The van der Waals surface area contributed by atoms with Crippen LogP contribution in [-0.2, 0) is 19.6 Å². The third-order valence-corrected chi connectivity index (χ3v) is 8.52. The highest BCUT2D eigenvalue weighted by molar-refractivity contribution is 5.98. The molecule has 0 spiro atoms. The molecule has 3 aliphatic rings. The predicted octanol–water partition coefficient (Wildman–Crippen LogP) is 4.27. The lowest BCUT2D eigenvalue weighted by molar-refractivity contribution is 0.0608. The lowest BCUT2D eigenvalue weighted by Crippen LogP contribution is -2.51. The molecule has 1 N–H and O–H groups in total. The first-order valence-corrected chi connectivity index (χ1v) is 14.5. The largest absolute Gasteiger partial charge is 0.331 e. The van der Waals surface area contributed by atoms with Crippen molar-refractivity contribution in [1.29, 1.82) is 0 Å². The van der Waals surface area contributed by atoms with E-state index in [4.69, 9.17) is 0 Å². The first-order valence-electron chi connectivity index (χ1n) is 14.5. The zero-order chi connectivity index (χ0) is 28.0. The molecule has 210 valence electrons. The second-order valence-electron chi connectivity index (χ2n) is 12.0. The van der Waals surface area contributed by atoms with E-state index >= 15 is 0 Å². The Hall–Kier alpha value is -3.88. The third-order valence-electron chi connectivity index (χ3n) is 8.52. The predicted molar refractivity (Wildman–Crippen MR) is 155 cm³/mol. The van der Waals surface area contributed by atoms with Crippen molar-refractivity contribution in [3.63, 3.8) is 0 Å². The van der Waals surface area contributed by atoms with Crippen LogP contribution in [0.15, 0.2) is 52.1 Å². The molecule has 0 unspecified atom stereocenters. The number of urea groups is 1. The van der Waals surface area contributed by atoms with Crippen LogP contribution in [0.25, 0.3) is 10.9 Å². The fourth-order valence-electron chi connectivity index (χ4n) is 5.99. The third kappa shape index (κ3) is 5.05. The Labute approximate surface area is 233 Å². The van der Waals surface area contributed by atoms with Crippen LogP contribution in [0.3, 0.4) is 0 Å². The average molecular weight is 544 g/mol. The zero-order valence-electron chi connectivity index (χ0n) is 23.3. The van der Waals surface area contributed by atoms with Gasteiger partial charge in [-0.15, -0.1) is 0 Å². The highest BCUT2D eigenvalue weighted by atomic mass is 16.2. The van der Waals surface area contributed by atoms with Crippen molar-refractivity contribution in [2.45, 2.75) is 71.6 Å². The monoisotopic (exact) mass is 543 g/mol. The number of carbonyl (C=O) groups excluding carboxylic acids is 2. The number of aryl methyl sites for hydroxylation is 1. The maximum absolute atomic E-state index is 13.4. The van der Waals surface area contributed by atoms with E-state index < -0.39 is 0 Å². The summed E-state index contributed by atoms with van der Waals surface area (Å²) in [5.41, 5.74) is 2.36. The number of likely N-dealkylation sites (tertiary alicyclic amines) is 1. The number of carbonyl (C=O) groups is 2. The number of nitrogens with one attached hydrogen (secondary N) is 1. The summed E-state index contributed by atoms with van der Waals surface area (Å²) in [6, 6.07) is 12.6. The molecule has 1 aromatic heterocycles. The van der Waals surface area contributed by atoms with Crippen LogP contribution in [0.1, 0.15) is 61.9 Å². The number of aromatic nitrogens is 2. The van der Waals surface area contributed by atoms with Crippen molar-refractivity contribution in [3.05, 3.63) is 74.4 Å². The molecule has 1 aliphatic carbocycles. The summed E-state index contributed by atoms with van der Waals surface area (Å²) in [5, 5.41) is 3.42. The number of anilines is 1. The first-order chi connectivity index (χ1) is 19.3. The van der Waals surface area contributed by atoms with Gasteiger partial charge in [0.1, 0.15) is 0 Å². The number of benzene rings is 2. The minimum absolute atomic E-state index is 0.0309. The van der Waals surface area contributed by atoms with E-state index in [2.05, 4.69) is 19.2 Å². The Balaban J connectivity index is 1.22. The summed E-state index contributed by atoms with van der Waals surface area (Å²) in [6.45, 7) is 6.86. The molecule has 2 fully saturated rings. The molecule has 40 heavy (non-hydrogen) atoms. The molecule has 1 atom stereocenters. The lowest BCUT2D eigenvalue weighted by atomic mass is 10.0. The molecule has 0 bridgehead atoms. The minimum Gasteiger partial charge on any atom is -0.330 e. The quantitative estimate of drug-likeness (QED) is 0.481. The molecule has 3 heterocycles. The van der Waals surface area contributed by atoms with Crippen LogP contribution in [0.2, 0.25) is 0 Å². The highest BCUT2D eigenvalue weighted by Gasteiger charge is 2.35. The van der Waals surface area contributed by atoms with E-state index in [1.807, 2.05) is 29.2 Å². The van der Waals surface area contributed by atoms with Gasteiger partial charge in [0, 0.05) is 44.0 Å². The lowest BCUT2D eigenvalue weighted by Gasteiger charge is -2.37. The number of fused-ring (bicyclic) bond motifs is 2. The van der Waals surface area contributed by atoms with Gasteiger partial charge in [0.05, 0.1) is 16.9 Å². The Kier molecular flexibility index (Phi) is 6.98. The Morgan fingerprint density at radius 1 is 1.02 bits per heavy atom. The fourth-order valence-corrected chi connectivity index (χ4v) is 5.99. The summed E-state index contributed by atoms with van der Waals surface area (Å²) in [7, 11) is 0. The van der Waals surface area contributed by atoms with Gasteiger partial charge in [-0.2, -0.15) is 0 Å². The van der Waals surface area contributed by atoms with Crippen LogP contribution >= 0.6 is 0 Å². The molecule has 0 radical (unpaired) electrons. The van der Waals surface area contributed by atoms with E-state index in [-0.39, 0.29) is 29.2 Å². The molecular weight excluding hydrogens is 506 g/mol. The molecule has 9 heteroatoms. The van der Waals surface area contributed by atoms with E-state index in [0.717, 1.165) is 43.2 Å². The maximum atomic E-state index is 13.4. The standard InChI is InChI=1S/C31H37N5O4/c1-20(2)13-15-34-27-12-11-23(16-26(27)29(38)36(31(34)40)17-21-9-10-21)32-30(39)33-14-5-7-24(19-33)35-18-22-6-3-4-8-25(22)28(35)37/h3-4,6,8,11-12,16,20-21,24H,5,7,9-10,13-15,17-19H2,1-2H3,(H,32,39)/t24-/m1/s1. The minimum atomic E-state index is -0.297. The van der Waals surface area contributed by atoms with E-state index in [0.29, 0.717) is 61.1 Å². The van der Waals surface area contributed by atoms with Crippen molar-refractivity contribution < 1.29 is 9.59 Å². The van der Waals surface area contributed by atoms with Gasteiger partial charge in [-0.05, 0) is 73.8 Å². The number of hydrogen-bond acceptors (Lipinski definition) is 4. The number of nitrogens with zero attached hydrogens (tertiary/aromatic N) is 4. The fraction of sp³-hybridized carbons (Fsp3) is 0.484. The van der Waals surface area contributed by atoms with Gasteiger partial charge < -0.3 is 15.1 Å². The van der Waals surface area contributed by atoms with Crippen molar-refractivity contribution >= 4 is 28.5 Å². The second-order valence-corrected chi connectivity index (χ2v) is 12.0. The zero-order valence-corrected chi connectivity index (χ0v) is 23.3. The Bertz CT molecular complexity index is 1580. The normalized spacial score (nSPS) is 19.0. The Morgan fingerprint density at radius 3 is 2.58 bits per heavy atom. The number of hydrogen-bond donors (Lipinski definition) is 1. The van der Waals surface area contributed by atoms with Crippen LogP contribution in [0.4, 0.5) is 10.5 Å². The van der Waals surface area contributed by atoms with Crippen molar-refractivity contribution in [2.75, 3.05) is 18.4 Å². The SMILES string of the molecule is CC(C)CCn1c(=O)n(CC2CC2)c(=O)c2cc(NC(=O)N3CCC[C@@H](N4Cc5ccccc5C4=O)C3)ccc21. The summed E-state index contributed by atoms with van der Waals surface area (Å²) in [6.07, 6.45) is 4.57. The van der Waals surface area contributed by atoms with Gasteiger partial charge in [0.2, 0.25) is 0 Å². The maximum Gasteiger partial charge on any atom is 0.331 e. The first kappa shape index (κ1) is 26.3. The van der Waals surface area contributed by atoms with E-state index in [1.165, 1.54) is 4.57 Å². The summed E-state index contributed by atoms with van der Waals surface area (Å²) in [5.74, 6) is 0.831. The van der Waals surface area contributed by atoms with Gasteiger partial charge in [-0.1, -0.05) is 32.0 Å². The average Bonchev–Trinajstić information content (AvgIpc) is 3.72. The van der Waals surface area contributed by atoms with E-state index in [9.17, 15) is 19.2 Å². The molecule has 3 amide bonds. The summed E-state index contributed by atoms with van der Waals surface area (Å²) in [4.78, 5) is 56.7. The van der Waals surface area contributed by atoms with E-state index in [1.54, 1.807) is 27.7 Å². The molecule has 2 aliphatic heterocycles. The van der Waals surface area contributed by atoms with Gasteiger partial charge in [0.25, 0.3) is 11.5 Å². The van der Waals surface area contributed by atoms with Gasteiger partial charge in [-0.3, -0.25) is 18.7 Å². The summed E-state index contributed by atoms with van der Waals surface area (Å²) >= 11 is 0. The molecule has 6 rings (SSSR count). The van der Waals surface area contributed by atoms with Gasteiger partial charge >= 0.3 is 11.7 Å². The number of piperidine rings is 1. The molecular formula is C31H37N5O4. The number of rotatable bonds is 7. The topological polar surface area (TPSA) is 96.6 Å². The van der Waals surface area contributed by atoms with Crippen LogP contribution in [0, 0.1) is 11.8 Å². The second kappa shape index (κ2) is 10.6. The highest BCUT2D eigenvalue weighted by Crippen LogP contribution is 2.30. The summed E-state index contributed by atoms with van der Waals surface area (Å²) < 4.78 is 3.09. The van der Waals surface area contributed by atoms with Crippen LogP contribution < -0.4 is 16.6 Å². The van der Waals surface area contributed by atoms with Crippen molar-refractivity contribution in [2.24, 2.45) is 11.8 Å². The molecule has 3 aromatic rings. The molecule has 1 saturated carbocycles. The van der Waals surface area contributed by atoms with Crippen molar-refractivity contribution in [1.82, 2.24) is 18.9 Å². The van der Waals surface area contributed by atoms with Crippen molar-refractivity contribution in [3.8, 4) is 0 Å². The van der Waals surface area contributed by atoms with Gasteiger partial charge in [0.15, 0.2) is 0 Å². The number of amides is 3. The molecule has 1 saturated heterocycles. The smallest absolute Gasteiger partial charge is 0.330 e. The van der Waals surface area contributed by atoms with Crippen LogP contribution in [-0.4, -0.2) is 50.0 Å².